The lowest BCUT2D eigenvalue weighted by molar-refractivity contribution is 0.120. The Kier molecular flexibility index (Phi) is 4.53. The van der Waals surface area contributed by atoms with Crippen LogP contribution in [0.2, 0.25) is 0 Å². The van der Waals surface area contributed by atoms with Crippen LogP contribution in [0.1, 0.15) is 24.0 Å². The number of hydrogen-bond donors (Lipinski definition) is 2. The zero-order valence-electron chi connectivity index (χ0n) is 13.1. The Morgan fingerprint density at radius 3 is 2.77 bits per heavy atom. The van der Waals surface area contributed by atoms with Crippen molar-refractivity contribution < 1.29 is 4.74 Å². The molecule has 0 radical (unpaired) electrons. The van der Waals surface area contributed by atoms with E-state index in [4.69, 9.17) is 4.74 Å². The summed E-state index contributed by atoms with van der Waals surface area (Å²) in [5, 5.41) is 6.64. The van der Waals surface area contributed by atoms with Gasteiger partial charge in [0, 0.05) is 25.0 Å². The average Bonchev–Trinajstić information content (AvgIpc) is 3.03. The molecule has 0 spiro atoms. The molecule has 22 heavy (non-hydrogen) atoms. The summed E-state index contributed by atoms with van der Waals surface area (Å²) in [4.78, 5) is 8.83. The fraction of sp³-hybridized carbons (Fsp3) is 0.412. The number of nitrogens with one attached hydrogen (secondary N) is 2. The van der Waals surface area contributed by atoms with Gasteiger partial charge < -0.3 is 15.4 Å². The Morgan fingerprint density at radius 1 is 1.23 bits per heavy atom. The second-order valence-electron chi connectivity index (χ2n) is 5.67. The summed E-state index contributed by atoms with van der Waals surface area (Å²) in [6.45, 7) is 5.82. The Bertz CT molecular complexity index is 618. The highest BCUT2D eigenvalue weighted by Gasteiger charge is 2.15. The Labute approximate surface area is 131 Å². The molecule has 1 aliphatic heterocycles. The van der Waals surface area contributed by atoms with Crippen LogP contribution in [-0.4, -0.2) is 29.2 Å². The summed E-state index contributed by atoms with van der Waals surface area (Å²) in [5.41, 5.74) is 3.43. The highest BCUT2D eigenvalue weighted by atomic mass is 16.5. The lowest BCUT2D eigenvalue weighted by atomic mass is 10.1. The van der Waals surface area contributed by atoms with Gasteiger partial charge in [-0.2, -0.15) is 4.98 Å². The fourth-order valence-corrected chi connectivity index (χ4v) is 2.66. The van der Waals surface area contributed by atoms with Crippen LogP contribution in [0.4, 0.5) is 17.5 Å². The number of aromatic nitrogens is 2. The molecule has 116 valence electrons. The summed E-state index contributed by atoms with van der Waals surface area (Å²) in [6.07, 6.45) is 4.33. The van der Waals surface area contributed by atoms with Crippen LogP contribution in [0.15, 0.2) is 30.5 Å². The summed E-state index contributed by atoms with van der Waals surface area (Å²) in [6, 6.07) is 8.09. The molecule has 1 aromatic heterocycles. The van der Waals surface area contributed by atoms with E-state index < -0.39 is 0 Å². The van der Waals surface area contributed by atoms with Gasteiger partial charge in [-0.1, -0.05) is 18.2 Å². The van der Waals surface area contributed by atoms with E-state index in [2.05, 4.69) is 52.6 Å². The van der Waals surface area contributed by atoms with Crippen molar-refractivity contribution in [2.24, 2.45) is 0 Å². The first-order valence-corrected chi connectivity index (χ1v) is 7.74. The topological polar surface area (TPSA) is 59.1 Å². The highest BCUT2D eigenvalue weighted by Crippen LogP contribution is 2.23. The molecule has 1 unspecified atom stereocenters. The van der Waals surface area contributed by atoms with Gasteiger partial charge in [-0.3, -0.25) is 0 Å². The number of ether oxygens (including phenoxy) is 1. The van der Waals surface area contributed by atoms with Gasteiger partial charge in [0.05, 0.1) is 6.10 Å². The van der Waals surface area contributed by atoms with Crippen molar-refractivity contribution in [3.63, 3.8) is 0 Å². The SMILES string of the molecule is Cc1cccc(C)c1Nc1nccc(NCC2CCCO2)n1. The lowest BCUT2D eigenvalue weighted by Crippen LogP contribution is -2.19. The van der Waals surface area contributed by atoms with Crippen LogP contribution < -0.4 is 10.6 Å². The first-order valence-electron chi connectivity index (χ1n) is 7.74. The second kappa shape index (κ2) is 6.75. The predicted octanol–water partition coefficient (Wildman–Crippen LogP) is 3.43. The van der Waals surface area contributed by atoms with E-state index in [1.165, 1.54) is 11.1 Å². The summed E-state index contributed by atoms with van der Waals surface area (Å²) in [7, 11) is 0. The molecular weight excluding hydrogens is 276 g/mol. The smallest absolute Gasteiger partial charge is 0.229 e. The number of hydrogen-bond acceptors (Lipinski definition) is 5. The molecule has 2 N–H and O–H groups in total. The largest absolute Gasteiger partial charge is 0.376 e. The minimum absolute atomic E-state index is 0.296. The molecule has 0 aliphatic carbocycles. The van der Waals surface area contributed by atoms with Crippen molar-refractivity contribution in [2.45, 2.75) is 32.8 Å². The van der Waals surface area contributed by atoms with E-state index in [-0.39, 0.29) is 0 Å². The standard InChI is InChI=1S/C17H22N4O/c1-12-5-3-6-13(2)16(12)21-17-18-9-8-15(20-17)19-11-14-7-4-10-22-14/h3,5-6,8-9,14H,4,7,10-11H2,1-2H3,(H2,18,19,20,21). The van der Waals surface area contributed by atoms with Gasteiger partial charge in [0.25, 0.3) is 0 Å². The van der Waals surface area contributed by atoms with Crippen LogP contribution >= 0.6 is 0 Å². The summed E-state index contributed by atoms with van der Waals surface area (Å²) < 4.78 is 5.61. The van der Waals surface area contributed by atoms with Crippen molar-refractivity contribution >= 4 is 17.5 Å². The zero-order chi connectivity index (χ0) is 15.4. The molecule has 1 fully saturated rings. The number of rotatable bonds is 5. The molecule has 5 heteroatoms. The minimum atomic E-state index is 0.296. The molecule has 2 aromatic rings. The van der Waals surface area contributed by atoms with Crippen LogP contribution in [0, 0.1) is 13.8 Å². The van der Waals surface area contributed by atoms with Crippen molar-refractivity contribution in [2.75, 3.05) is 23.8 Å². The first kappa shape index (κ1) is 14.8. The van der Waals surface area contributed by atoms with Gasteiger partial charge in [-0.25, -0.2) is 4.98 Å². The Balaban J connectivity index is 1.68. The van der Waals surface area contributed by atoms with Crippen molar-refractivity contribution in [1.29, 1.82) is 0 Å². The third-order valence-corrected chi connectivity index (χ3v) is 3.91. The molecule has 0 saturated carbocycles. The summed E-state index contributed by atoms with van der Waals surface area (Å²) >= 11 is 0. The van der Waals surface area contributed by atoms with E-state index in [0.29, 0.717) is 12.1 Å². The molecule has 2 heterocycles. The second-order valence-corrected chi connectivity index (χ2v) is 5.67. The Hall–Kier alpha value is -2.14. The fourth-order valence-electron chi connectivity index (χ4n) is 2.66. The van der Waals surface area contributed by atoms with E-state index in [1.54, 1.807) is 6.20 Å². The van der Waals surface area contributed by atoms with Crippen LogP contribution in [0.3, 0.4) is 0 Å². The van der Waals surface area contributed by atoms with Crippen molar-refractivity contribution in [3.05, 3.63) is 41.6 Å². The Morgan fingerprint density at radius 2 is 2.05 bits per heavy atom. The predicted molar refractivity (Wildman–Crippen MR) is 88.7 cm³/mol. The molecular formula is C17H22N4O. The number of para-hydroxylation sites is 1. The van der Waals surface area contributed by atoms with Crippen molar-refractivity contribution in [1.82, 2.24) is 9.97 Å². The maximum absolute atomic E-state index is 5.61. The summed E-state index contributed by atoms with van der Waals surface area (Å²) in [5.74, 6) is 1.42. The number of aryl methyl sites for hydroxylation is 2. The highest BCUT2D eigenvalue weighted by molar-refractivity contribution is 5.63. The first-order chi connectivity index (χ1) is 10.7. The quantitative estimate of drug-likeness (QED) is 0.885. The number of benzene rings is 1. The molecule has 3 rings (SSSR count). The number of anilines is 3. The van der Waals surface area contributed by atoms with Gasteiger partial charge in [0.1, 0.15) is 5.82 Å². The van der Waals surface area contributed by atoms with E-state index >= 15 is 0 Å². The third kappa shape index (κ3) is 3.54. The molecule has 1 saturated heterocycles. The van der Waals surface area contributed by atoms with E-state index in [9.17, 15) is 0 Å². The average molecular weight is 298 g/mol. The van der Waals surface area contributed by atoms with Crippen molar-refractivity contribution in [3.8, 4) is 0 Å². The van der Waals surface area contributed by atoms with Crippen LogP contribution in [0.25, 0.3) is 0 Å². The zero-order valence-corrected chi connectivity index (χ0v) is 13.1. The van der Waals surface area contributed by atoms with Gasteiger partial charge in [-0.15, -0.1) is 0 Å². The van der Waals surface area contributed by atoms with Gasteiger partial charge in [0.2, 0.25) is 5.95 Å². The minimum Gasteiger partial charge on any atom is -0.376 e. The monoisotopic (exact) mass is 298 g/mol. The number of nitrogens with zero attached hydrogens (tertiary/aromatic N) is 2. The van der Waals surface area contributed by atoms with Gasteiger partial charge >= 0.3 is 0 Å². The van der Waals surface area contributed by atoms with E-state index in [1.807, 2.05) is 6.07 Å². The maximum Gasteiger partial charge on any atom is 0.229 e. The third-order valence-electron chi connectivity index (χ3n) is 3.91. The lowest BCUT2D eigenvalue weighted by Gasteiger charge is -2.13. The molecule has 0 amide bonds. The van der Waals surface area contributed by atoms with E-state index in [0.717, 1.165) is 37.5 Å². The van der Waals surface area contributed by atoms with Gasteiger partial charge in [0.15, 0.2) is 0 Å². The normalized spacial score (nSPS) is 17.5. The molecule has 0 bridgehead atoms. The molecule has 5 nitrogen and oxygen atoms in total. The van der Waals surface area contributed by atoms with Gasteiger partial charge in [-0.05, 0) is 43.9 Å². The molecule has 1 atom stereocenters. The maximum atomic E-state index is 5.61. The molecule has 1 aliphatic rings. The van der Waals surface area contributed by atoms with Crippen LogP contribution in [-0.2, 0) is 4.74 Å². The molecule has 1 aromatic carbocycles. The van der Waals surface area contributed by atoms with Crippen LogP contribution in [0.5, 0.6) is 0 Å².